The van der Waals surface area contributed by atoms with Gasteiger partial charge in [0.1, 0.15) is 6.54 Å². The van der Waals surface area contributed by atoms with Crippen molar-refractivity contribution in [1.29, 1.82) is 0 Å². The van der Waals surface area contributed by atoms with Crippen molar-refractivity contribution in [3.63, 3.8) is 0 Å². The highest BCUT2D eigenvalue weighted by molar-refractivity contribution is 8.03. The lowest BCUT2D eigenvalue weighted by atomic mass is 9.77. The Hall–Kier alpha value is -2.09. The van der Waals surface area contributed by atoms with Crippen molar-refractivity contribution in [3.8, 4) is 0 Å². The number of carbonyl (C=O) groups is 1. The predicted octanol–water partition coefficient (Wildman–Crippen LogP) is 4.86. The van der Waals surface area contributed by atoms with Crippen LogP contribution in [0.15, 0.2) is 34.9 Å². The van der Waals surface area contributed by atoms with E-state index in [1.54, 1.807) is 0 Å². The van der Waals surface area contributed by atoms with E-state index >= 15 is 0 Å². The molecule has 5 unspecified atom stereocenters. The lowest BCUT2D eigenvalue weighted by Crippen LogP contribution is -2.40. The van der Waals surface area contributed by atoms with E-state index in [1.165, 1.54) is 36.3 Å². The van der Waals surface area contributed by atoms with Crippen LogP contribution >= 0.6 is 11.8 Å². The van der Waals surface area contributed by atoms with Crippen LogP contribution in [0.2, 0.25) is 0 Å². The van der Waals surface area contributed by atoms with Gasteiger partial charge in [-0.1, -0.05) is 18.6 Å². The van der Waals surface area contributed by atoms with Gasteiger partial charge in [-0.3, -0.25) is 14.9 Å². The highest BCUT2D eigenvalue weighted by atomic mass is 32.2. The van der Waals surface area contributed by atoms with E-state index in [0.717, 1.165) is 32.2 Å². The molecule has 1 saturated heterocycles. The summed E-state index contributed by atoms with van der Waals surface area (Å²) in [5.74, 6) is -0.141. The summed E-state index contributed by atoms with van der Waals surface area (Å²) < 4.78 is 2.50. The monoisotopic (exact) mass is 488 g/mol. The Bertz CT molecular complexity index is 896. The van der Waals surface area contributed by atoms with Crippen molar-refractivity contribution in [3.05, 3.63) is 45.0 Å². The zero-order chi connectivity index (χ0) is 24.1. The van der Waals surface area contributed by atoms with Crippen molar-refractivity contribution >= 4 is 23.9 Å². The number of hydrogen-bond donors (Lipinski definition) is 1. The second-order valence-corrected chi connectivity index (χ2v) is 11.4. The fraction of sp³-hybridized carbons (Fsp3) is 0.692. The Kier molecular flexibility index (Phi) is 8.51. The van der Waals surface area contributed by atoms with Gasteiger partial charge in [0.15, 0.2) is 12.3 Å². The molecule has 0 bridgehead atoms. The summed E-state index contributed by atoms with van der Waals surface area (Å²) >= 11 is 1.81. The number of allylic oxidation sites excluding steroid dienone is 4. The topological polar surface area (TPSA) is 86.7 Å². The van der Waals surface area contributed by atoms with Crippen molar-refractivity contribution < 1.29 is 19.4 Å². The Morgan fingerprint density at radius 2 is 2.09 bits per heavy atom. The minimum Gasteiger partial charge on any atom is -0.481 e. The third kappa shape index (κ3) is 5.93. The van der Waals surface area contributed by atoms with Gasteiger partial charge in [0.2, 0.25) is 6.04 Å². The second-order valence-electron chi connectivity index (χ2n) is 10.2. The molecule has 0 aromatic heterocycles. The number of nitro groups is 1. The van der Waals surface area contributed by atoms with E-state index < -0.39 is 5.97 Å². The van der Waals surface area contributed by atoms with Gasteiger partial charge in [-0.2, -0.15) is 0 Å². The number of rotatable bonds is 9. The Morgan fingerprint density at radius 1 is 1.26 bits per heavy atom. The third-order valence-electron chi connectivity index (χ3n) is 8.02. The molecule has 3 fully saturated rings. The number of carboxylic acid groups (broad SMARTS) is 1. The molecule has 1 N–H and O–H groups in total. The van der Waals surface area contributed by atoms with Crippen molar-refractivity contribution in [2.24, 2.45) is 5.92 Å². The first-order chi connectivity index (χ1) is 16.4. The number of thioether (sulfide) groups is 1. The zero-order valence-corrected chi connectivity index (χ0v) is 21.0. The Labute approximate surface area is 206 Å². The number of carboxylic acids is 1. The van der Waals surface area contributed by atoms with Crippen LogP contribution in [0.3, 0.4) is 0 Å². The molecule has 4 rings (SSSR count). The number of unbranched alkanes of at least 4 members (excludes halogenated alkanes) is 2. The first-order valence-corrected chi connectivity index (χ1v) is 13.8. The molecule has 0 aromatic rings. The van der Waals surface area contributed by atoms with Gasteiger partial charge in [-0.05, 0) is 43.8 Å². The first-order valence-electron chi connectivity index (χ1n) is 12.9. The van der Waals surface area contributed by atoms with Crippen LogP contribution < -0.4 is 0 Å². The third-order valence-corrected chi connectivity index (χ3v) is 9.50. The summed E-state index contributed by atoms with van der Waals surface area (Å²) in [5.41, 5.74) is 1.40. The number of hydrogen-bond acceptors (Lipinski definition) is 5. The maximum absolute atomic E-state index is 11.2. The van der Waals surface area contributed by atoms with Gasteiger partial charge in [0.25, 0.3) is 0 Å². The molecule has 0 amide bonds. The van der Waals surface area contributed by atoms with Gasteiger partial charge in [0.05, 0.1) is 5.03 Å². The highest BCUT2D eigenvalue weighted by Gasteiger charge is 2.43. The average molecular weight is 489 g/mol. The fourth-order valence-electron chi connectivity index (χ4n) is 6.13. The lowest BCUT2D eigenvalue weighted by Gasteiger charge is -2.32. The summed E-state index contributed by atoms with van der Waals surface area (Å²) in [4.78, 5) is 24.2. The molecule has 186 valence electrons. The van der Waals surface area contributed by atoms with E-state index in [0.29, 0.717) is 36.1 Å². The van der Waals surface area contributed by atoms with E-state index in [9.17, 15) is 14.9 Å². The molecular weight excluding hydrogens is 450 g/mol. The summed E-state index contributed by atoms with van der Waals surface area (Å²) in [6, 6.07) is 0.578. The minimum atomic E-state index is -0.701. The van der Waals surface area contributed by atoms with Crippen molar-refractivity contribution in [2.45, 2.75) is 94.0 Å². The Balaban J connectivity index is 1.37. The lowest BCUT2D eigenvalue weighted by molar-refractivity contribution is -0.573. The van der Waals surface area contributed by atoms with Gasteiger partial charge in [0, 0.05) is 67.4 Å². The molecule has 2 heterocycles. The van der Waals surface area contributed by atoms with E-state index in [2.05, 4.69) is 47.0 Å². The van der Waals surface area contributed by atoms with Crippen LogP contribution in [-0.4, -0.2) is 68.7 Å². The molecule has 0 radical (unpaired) electrons. The van der Waals surface area contributed by atoms with Gasteiger partial charge in [-0.25, -0.2) is 4.58 Å². The van der Waals surface area contributed by atoms with Crippen LogP contribution in [0.4, 0.5) is 0 Å². The van der Waals surface area contributed by atoms with Crippen LogP contribution in [-0.2, 0) is 4.79 Å². The maximum atomic E-state index is 11.2. The highest BCUT2D eigenvalue weighted by Crippen LogP contribution is 2.45. The van der Waals surface area contributed by atoms with E-state index in [4.69, 9.17) is 5.11 Å². The molecule has 2 aliphatic carbocycles. The summed E-state index contributed by atoms with van der Waals surface area (Å²) in [7, 11) is 2.13. The quantitative estimate of drug-likeness (QED) is 0.216. The standard InChI is InChI=1S/C26H37N3O4S/c1-27-23-14-13-20(29(32)33)18-24(23)34-25(27)11-7-8-19-15-17-28(16-6-2-3-12-26(30)31)22-10-5-4-9-21(19)22/h7-8,11,15,17,20-24H,2-6,9-10,12-14,16,18H2,1H3/p+1. The van der Waals surface area contributed by atoms with Gasteiger partial charge in [-0.15, -0.1) is 11.8 Å². The van der Waals surface area contributed by atoms with Gasteiger partial charge < -0.3 is 10.0 Å². The molecule has 8 heteroatoms. The molecule has 7 nitrogen and oxygen atoms in total. The SMILES string of the molecule is CN1C(=CC=CC2=CC=[N+](CCCCCC(=O)O)C3CCCCC23)SC2CC([N+](=O)[O-])CCC21. The molecule has 2 saturated carbocycles. The summed E-state index contributed by atoms with van der Waals surface area (Å²) in [6.07, 6.45) is 21.5. The van der Waals surface area contributed by atoms with Crippen LogP contribution in [0.1, 0.15) is 70.6 Å². The van der Waals surface area contributed by atoms with Crippen LogP contribution in [0.5, 0.6) is 0 Å². The van der Waals surface area contributed by atoms with E-state index in [-0.39, 0.29) is 17.4 Å². The molecular formula is C26H38N3O4S+. The smallest absolute Gasteiger partial charge is 0.303 e. The zero-order valence-electron chi connectivity index (χ0n) is 20.2. The first kappa shape index (κ1) is 25.0. The molecule has 0 aromatic carbocycles. The molecule has 2 aliphatic heterocycles. The largest absolute Gasteiger partial charge is 0.481 e. The number of nitrogens with zero attached hydrogens (tertiary/aromatic N) is 3. The fourth-order valence-corrected chi connectivity index (χ4v) is 7.70. The second kappa shape index (κ2) is 11.6. The molecule has 5 atom stereocenters. The summed E-state index contributed by atoms with van der Waals surface area (Å²) in [5, 5.41) is 21.6. The van der Waals surface area contributed by atoms with Crippen molar-refractivity contribution in [2.75, 3.05) is 13.6 Å². The van der Waals surface area contributed by atoms with Crippen LogP contribution in [0, 0.1) is 16.0 Å². The summed E-state index contributed by atoms with van der Waals surface area (Å²) in [6.45, 7) is 1.01. The van der Waals surface area contributed by atoms with Crippen molar-refractivity contribution in [1.82, 2.24) is 4.90 Å². The minimum absolute atomic E-state index is 0.0929. The predicted molar refractivity (Wildman–Crippen MR) is 136 cm³/mol. The average Bonchev–Trinajstić information content (AvgIpc) is 3.14. The van der Waals surface area contributed by atoms with Gasteiger partial charge >= 0.3 is 5.97 Å². The normalized spacial score (nSPS) is 32.3. The maximum Gasteiger partial charge on any atom is 0.303 e. The molecule has 34 heavy (non-hydrogen) atoms. The number of fused-ring (bicyclic) bond motifs is 2. The number of aliphatic carboxylic acids is 1. The molecule has 0 spiro atoms. The Morgan fingerprint density at radius 3 is 2.88 bits per heavy atom. The van der Waals surface area contributed by atoms with Crippen LogP contribution in [0.25, 0.3) is 0 Å². The van der Waals surface area contributed by atoms with E-state index in [1.807, 2.05) is 11.8 Å². The molecule has 4 aliphatic rings.